The van der Waals surface area contributed by atoms with Gasteiger partial charge in [-0.1, -0.05) is 17.7 Å². The SMILES string of the molecule is COC(=O)C(NC(C)C)c1ccc(F)cc1Cl. The molecular formula is C12H15ClFNO2. The van der Waals surface area contributed by atoms with E-state index in [1.165, 1.54) is 25.3 Å². The summed E-state index contributed by atoms with van der Waals surface area (Å²) in [5, 5.41) is 3.23. The van der Waals surface area contributed by atoms with Crippen molar-refractivity contribution in [3.05, 3.63) is 34.6 Å². The Kier molecular flexibility index (Phi) is 4.90. The molecule has 0 aromatic heterocycles. The molecule has 3 nitrogen and oxygen atoms in total. The maximum Gasteiger partial charge on any atom is 0.327 e. The van der Waals surface area contributed by atoms with Crippen LogP contribution in [-0.2, 0) is 9.53 Å². The van der Waals surface area contributed by atoms with Crippen LogP contribution in [0.4, 0.5) is 4.39 Å². The number of esters is 1. The molecule has 94 valence electrons. The van der Waals surface area contributed by atoms with Gasteiger partial charge in [-0.3, -0.25) is 5.32 Å². The molecule has 0 aliphatic heterocycles. The smallest absolute Gasteiger partial charge is 0.327 e. The number of ether oxygens (including phenoxy) is 1. The highest BCUT2D eigenvalue weighted by molar-refractivity contribution is 6.31. The summed E-state index contributed by atoms with van der Waals surface area (Å²) in [6, 6.07) is 3.30. The van der Waals surface area contributed by atoms with Crippen molar-refractivity contribution in [2.75, 3.05) is 7.11 Å². The molecule has 5 heteroatoms. The fourth-order valence-corrected chi connectivity index (χ4v) is 1.75. The number of hydrogen-bond donors (Lipinski definition) is 1. The lowest BCUT2D eigenvalue weighted by Gasteiger charge is -2.20. The molecule has 1 aromatic carbocycles. The van der Waals surface area contributed by atoms with Gasteiger partial charge in [0.1, 0.15) is 11.9 Å². The summed E-state index contributed by atoms with van der Waals surface area (Å²) in [4.78, 5) is 11.6. The molecule has 1 unspecified atom stereocenters. The number of halogens is 2. The number of rotatable bonds is 4. The first-order valence-electron chi connectivity index (χ1n) is 5.24. The van der Waals surface area contributed by atoms with Gasteiger partial charge in [-0.25, -0.2) is 9.18 Å². The van der Waals surface area contributed by atoms with Gasteiger partial charge in [0.15, 0.2) is 0 Å². The third kappa shape index (κ3) is 3.68. The summed E-state index contributed by atoms with van der Waals surface area (Å²) in [5.74, 6) is -0.890. The molecule has 0 aliphatic carbocycles. The first-order valence-corrected chi connectivity index (χ1v) is 5.62. The topological polar surface area (TPSA) is 38.3 Å². The Morgan fingerprint density at radius 2 is 2.12 bits per heavy atom. The maximum absolute atomic E-state index is 12.9. The van der Waals surface area contributed by atoms with E-state index in [4.69, 9.17) is 16.3 Å². The standard InChI is InChI=1S/C12H15ClFNO2/c1-7(2)15-11(12(16)17-3)9-5-4-8(14)6-10(9)13/h4-7,11,15H,1-3H3. The molecule has 0 aliphatic rings. The van der Waals surface area contributed by atoms with E-state index in [0.717, 1.165) is 0 Å². The minimum Gasteiger partial charge on any atom is -0.468 e. The van der Waals surface area contributed by atoms with Crippen molar-refractivity contribution in [3.63, 3.8) is 0 Å². The Morgan fingerprint density at radius 3 is 2.59 bits per heavy atom. The number of carbonyl (C=O) groups excluding carboxylic acids is 1. The molecule has 0 saturated heterocycles. The Hall–Kier alpha value is -1.13. The maximum atomic E-state index is 12.9. The zero-order chi connectivity index (χ0) is 13.0. The van der Waals surface area contributed by atoms with Crippen LogP contribution in [-0.4, -0.2) is 19.1 Å². The lowest BCUT2D eigenvalue weighted by Crippen LogP contribution is -2.34. The zero-order valence-corrected chi connectivity index (χ0v) is 10.7. The molecule has 1 N–H and O–H groups in total. The highest BCUT2D eigenvalue weighted by Gasteiger charge is 2.24. The van der Waals surface area contributed by atoms with E-state index < -0.39 is 17.8 Å². The van der Waals surface area contributed by atoms with E-state index >= 15 is 0 Å². The van der Waals surface area contributed by atoms with Crippen LogP contribution in [0, 0.1) is 5.82 Å². The van der Waals surface area contributed by atoms with Crippen molar-refractivity contribution in [3.8, 4) is 0 Å². The average Bonchev–Trinajstić information content (AvgIpc) is 2.25. The van der Waals surface area contributed by atoms with Crippen molar-refractivity contribution < 1.29 is 13.9 Å². The van der Waals surface area contributed by atoms with Crippen molar-refractivity contribution in [2.45, 2.75) is 25.9 Å². The van der Waals surface area contributed by atoms with E-state index in [-0.39, 0.29) is 11.1 Å². The minimum atomic E-state index is -0.687. The van der Waals surface area contributed by atoms with Crippen LogP contribution in [0.5, 0.6) is 0 Å². The summed E-state index contributed by atoms with van der Waals surface area (Å²) in [6.07, 6.45) is 0. The van der Waals surface area contributed by atoms with Gasteiger partial charge < -0.3 is 4.74 Å². The minimum absolute atomic E-state index is 0.0696. The fourth-order valence-electron chi connectivity index (χ4n) is 1.47. The number of methoxy groups -OCH3 is 1. The fraction of sp³-hybridized carbons (Fsp3) is 0.417. The van der Waals surface area contributed by atoms with Gasteiger partial charge in [0.25, 0.3) is 0 Å². The molecule has 0 heterocycles. The third-order valence-electron chi connectivity index (χ3n) is 2.21. The van der Waals surface area contributed by atoms with Crippen molar-refractivity contribution >= 4 is 17.6 Å². The van der Waals surface area contributed by atoms with Gasteiger partial charge >= 0.3 is 5.97 Å². The Morgan fingerprint density at radius 1 is 1.47 bits per heavy atom. The number of hydrogen-bond acceptors (Lipinski definition) is 3. The van der Waals surface area contributed by atoms with E-state index in [1.807, 2.05) is 13.8 Å². The molecule has 0 amide bonds. The van der Waals surface area contributed by atoms with Gasteiger partial charge in [-0.2, -0.15) is 0 Å². The summed E-state index contributed by atoms with van der Waals surface area (Å²) in [5.41, 5.74) is 0.508. The van der Waals surface area contributed by atoms with Crippen LogP contribution in [0.25, 0.3) is 0 Å². The first-order chi connectivity index (χ1) is 7.95. The molecule has 0 radical (unpaired) electrons. The number of nitrogens with one attached hydrogen (secondary N) is 1. The van der Waals surface area contributed by atoms with Gasteiger partial charge in [-0.05, 0) is 31.5 Å². The summed E-state index contributed by atoms with van der Waals surface area (Å²) in [7, 11) is 1.30. The summed E-state index contributed by atoms with van der Waals surface area (Å²) < 4.78 is 17.6. The second-order valence-electron chi connectivity index (χ2n) is 3.94. The molecule has 1 atom stereocenters. The average molecular weight is 260 g/mol. The number of benzene rings is 1. The van der Waals surface area contributed by atoms with E-state index in [2.05, 4.69) is 5.32 Å². The van der Waals surface area contributed by atoms with Gasteiger partial charge in [-0.15, -0.1) is 0 Å². The van der Waals surface area contributed by atoms with Crippen molar-refractivity contribution in [1.82, 2.24) is 5.32 Å². The molecule has 1 rings (SSSR count). The Balaban J connectivity index is 3.08. The predicted molar refractivity (Wildman–Crippen MR) is 64.4 cm³/mol. The highest BCUT2D eigenvalue weighted by atomic mass is 35.5. The van der Waals surface area contributed by atoms with Crippen LogP contribution in [0.15, 0.2) is 18.2 Å². The van der Waals surface area contributed by atoms with Gasteiger partial charge in [0.2, 0.25) is 0 Å². The van der Waals surface area contributed by atoms with Crippen LogP contribution in [0.2, 0.25) is 5.02 Å². The lowest BCUT2D eigenvalue weighted by molar-refractivity contribution is -0.143. The highest BCUT2D eigenvalue weighted by Crippen LogP contribution is 2.25. The third-order valence-corrected chi connectivity index (χ3v) is 2.54. The van der Waals surface area contributed by atoms with Crippen molar-refractivity contribution in [1.29, 1.82) is 0 Å². The van der Waals surface area contributed by atoms with Crippen molar-refractivity contribution in [2.24, 2.45) is 0 Å². The summed E-state index contributed by atoms with van der Waals surface area (Å²) in [6.45, 7) is 3.79. The Labute approximate surface area is 105 Å². The second-order valence-corrected chi connectivity index (χ2v) is 4.35. The largest absolute Gasteiger partial charge is 0.468 e. The van der Waals surface area contributed by atoms with Gasteiger partial charge in [0.05, 0.1) is 7.11 Å². The molecular weight excluding hydrogens is 245 g/mol. The Bertz CT molecular complexity index is 409. The monoisotopic (exact) mass is 259 g/mol. The predicted octanol–water partition coefficient (Wildman–Crippen LogP) is 2.69. The summed E-state index contributed by atoms with van der Waals surface area (Å²) >= 11 is 5.92. The molecule has 1 aromatic rings. The second kappa shape index (κ2) is 5.98. The van der Waals surface area contributed by atoms with Crippen LogP contribution >= 0.6 is 11.6 Å². The van der Waals surface area contributed by atoms with E-state index in [0.29, 0.717) is 5.56 Å². The number of carbonyl (C=O) groups is 1. The van der Waals surface area contributed by atoms with Crippen LogP contribution < -0.4 is 5.32 Å². The molecule has 0 fully saturated rings. The molecule has 0 spiro atoms. The lowest BCUT2D eigenvalue weighted by atomic mass is 10.1. The zero-order valence-electron chi connectivity index (χ0n) is 9.96. The quantitative estimate of drug-likeness (QED) is 0.845. The van der Waals surface area contributed by atoms with Crippen LogP contribution in [0.1, 0.15) is 25.5 Å². The normalized spacial score (nSPS) is 12.6. The molecule has 0 saturated carbocycles. The van der Waals surface area contributed by atoms with Gasteiger partial charge in [0, 0.05) is 11.1 Å². The molecule has 17 heavy (non-hydrogen) atoms. The van der Waals surface area contributed by atoms with Crippen LogP contribution in [0.3, 0.4) is 0 Å². The molecule has 0 bridgehead atoms. The van der Waals surface area contributed by atoms with E-state index in [1.54, 1.807) is 0 Å². The van der Waals surface area contributed by atoms with E-state index in [9.17, 15) is 9.18 Å². The first kappa shape index (κ1) is 13.9.